The third-order valence-corrected chi connectivity index (χ3v) is 4.64. The Bertz CT molecular complexity index is 986. The van der Waals surface area contributed by atoms with Gasteiger partial charge in [-0.2, -0.15) is 5.10 Å². The fourth-order valence-electron chi connectivity index (χ4n) is 3.04. The summed E-state index contributed by atoms with van der Waals surface area (Å²) >= 11 is 0. The second kappa shape index (κ2) is 9.21. The minimum atomic E-state index is -0.437. The van der Waals surface area contributed by atoms with Crippen molar-refractivity contribution in [2.75, 3.05) is 26.5 Å². The van der Waals surface area contributed by atoms with Crippen molar-refractivity contribution < 1.29 is 19.1 Å². The zero-order valence-corrected chi connectivity index (χ0v) is 17.2. The molecule has 0 atom stereocenters. The van der Waals surface area contributed by atoms with Crippen molar-refractivity contribution in [3.63, 3.8) is 0 Å². The van der Waals surface area contributed by atoms with E-state index in [2.05, 4.69) is 10.4 Å². The minimum absolute atomic E-state index is 0.133. The van der Waals surface area contributed by atoms with E-state index >= 15 is 0 Å². The lowest BCUT2D eigenvalue weighted by Gasteiger charge is -2.23. The number of hydrogen-bond acceptors (Lipinski definition) is 5. The van der Waals surface area contributed by atoms with Gasteiger partial charge in [-0.1, -0.05) is 30.3 Å². The number of ether oxygens (including phenoxy) is 1. The van der Waals surface area contributed by atoms with Crippen LogP contribution in [-0.4, -0.2) is 54.5 Å². The molecule has 8 nitrogen and oxygen atoms in total. The smallest absolute Gasteiger partial charge is 0.271 e. The topological polar surface area (TPSA) is 91.3 Å². The first kappa shape index (κ1) is 21.0. The van der Waals surface area contributed by atoms with E-state index in [9.17, 15) is 14.4 Å². The first-order valence-corrected chi connectivity index (χ1v) is 9.52. The average molecular weight is 408 g/mol. The highest BCUT2D eigenvalue weighted by atomic mass is 16.5. The van der Waals surface area contributed by atoms with E-state index < -0.39 is 5.91 Å². The van der Waals surface area contributed by atoms with Crippen LogP contribution >= 0.6 is 0 Å². The quantitative estimate of drug-likeness (QED) is 0.795. The van der Waals surface area contributed by atoms with Crippen molar-refractivity contribution in [1.82, 2.24) is 9.91 Å². The number of nitrogens with one attached hydrogen (secondary N) is 1. The summed E-state index contributed by atoms with van der Waals surface area (Å²) in [5.41, 5.74) is 1.96. The summed E-state index contributed by atoms with van der Waals surface area (Å²) < 4.78 is 5.30. The molecule has 30 heavy (non-hydrogen) atoms. The first-order chi connectivity index (χ1) is 14.4. The molecule has 0 spiro atoms. The molecule has 1 heterocycles. The van der Waals surface area contributed by atoms with Crippen molar-refractivity contribution in [3.05, 3.63) is 59.7 Å². The Hall–Kier alpha value is -3.68. The zero-order chi connectivity index (χ0) is 21.7. The predicted octanol–water partition coefficient (Wildman–Crippen LogP) is 2.51. The lowest BCUT2D eigenvalue weighted by atomic mass is 10.1. The van der Waals surface area contributed by atoms with Gasteiger partial charge < -0.3 is 15.0 Å². The fourth-order valence-corrected chi connectivity index (χ4v) is 3.04. The van der Waals surface area contributed by atoms with E-state index in [-0.39, 0.29) is 30.4 Å². The maximum absolute atomic E-state index is 12.8. The van der Waals surface area contributed by atoms with Crippen molar-refractivity contribution >= 4 is 29.1 Å². The SMILES string of the molecule is COc1ccc(C(=O)N(C)C)cc1NC(=O)C1=NN(Cc2ccccc2)C(=O)CC1. The lowest BCUT2D eigenvalue weighted by Crippen LogP contribution is -2.36. The number of rotatable bonds is 6. The number of nitrogens with zero attached hydrogens (tertiary/aromatic N) is 3. The Morgan fingerprint density at radius 1 is 1.13 bits per heavy atom. The van der Waals surface area contributed by atoms with Gasteiger partial charge in [-0.3, -0.25) is 14.4 Å². The van der Waals surface area contributed by atoms with E-state index in [0.717, 1.165) is 5.56 Å². The van der Waals surface area contributed by atoms with Crippen LogP contribution in [0.5, 0.6) is 5.75 Å². The molecule has 0 unspecified atom stereocenters. The van der Waals surface area contributed by atoms with E-state index in [1.165, 1.54) is 17.0 Å². The highest BCUT2D eigenvalue weighted by Gasteiger charge is 2.25. The Kier molecular flexibility index (Phi) is 6.46. The van der Waals surface area contributed by atoms with Crippen LogP contribution in [0.1, 0.15) is 28.8 Å². The number of benzene rings is 2. The first-order valence-electron chi connectivity index (χ1n) is 9.52. The molecule has 2 aromatic carbocycles. The summed E-state index contributed by atoms with van der Waals surface area (Å²) in [6.07, 6.45) is 0.448. The average Bonchev–Trinajstić information content (AvgIpc) is 2.75. The third-order valence-electron chi connectivity index (χ3n) is 4.64. The van der Waals surface area contributed by atoms with Crippen molar-refractivity contribution in [3.8, 4) is 5.75 Å². The summed E-state index contributed by atoms with van der Waals surface area (Å²) in [5.74, 6) is -0.338. The van der Waals surface area contributed by atoms with Gasteiger partial charge in [0, 0.05) is 32.5 Å². The maximum atomic E-state index is 12.8. The largest absolute Gasteiger partial charge is 0.495 e. The number of methoxy groups -OCH3 is 1. The van der Waals surface area contributed by atoms with Crippen molar-refractivity contribution in [2.45, 2.75) is 19.4 Å². The molecule has 1 aliphatic rings. The van der Waals surface area contributed by atoms with Gasteiger partial charge in [-0.05, 0) is 23.8 Å². The number of anilines is 1. The van der Waals surface area contributed by atoms with Crippen LogP contribution in [0.3, 0.4) is 0 Å². The Balaban J connectivity index is 1.80. The standard InChI is InChI=1S/C22H24N4O4/c1-25(2)22(29)16-9-11-19(30-3)18(13-16)23-21(28)17-10-12-20(27)26(24-17)14-15-7-5-4-6-8-15/h4-9,11,13H,10,12,14H2,1-3H3,(H,23,28). The van der Waals surface area contributed by atoms with Crippen LogP contribution in [0.4, 0.5) is 5.69 Å². The van der Waals surface area contributed by atoms with Gasteiger partial charge in [0.25, 0.3) is 11.8 Å². The van der Waals surface area contributed by atoms with E-state index in [1.54, 1.807) is 32.3 Å². The molecule has 0 radical (unpaired) electrons. The van der Waals surface area contributed by atoms with Gasteiger partial charge in [0.2, 0.25) is 5.91 Å². The molecule has 3 rings (SSSR count). The number of carbonyl (C=O) groups is 3. The van der Waals surface area contributed by atoms with Gasteiger partial charge in [-0.15, -0.1) is 0 Å². The molecule has 3 amide bonds. The second-order valence-electron chi connectivity index (χ2n) is 7.05. The fraction of sp³-hybridized carbons (Fsp3) is 0.273. The lowest BCUT2D eigenvalue weighted by molar-refractivity contribution is -0.132. The summed E-state index contributed by atoms with van der Waals surface area (Å²) in [5, 5.41) is 8.35. The molecular weight excluding hydrogens is 384 g/mol. The van der Waals surface area contributed by atoms with Crippen LogP contribution in [0.25, 0.3) is 0 Å². The summed E-state index contributed by atoms with van der Waals surface area (Å²) in [6.45, 7) is 0.298. The Labute approximate surface area is 175 Å². The zero-order valence-electron chi connectivity index (χ0n) is 17.2. The second-order valence-corrected chi connectivity index (χ2v) is 7.05. The van der Waals surface area contributed by atoms with Gasteiger partial charge in [0.05, 0.1) is 19.3 Å². The highest BCUT2D eigenvalue weighted by Crippen LogP contribution is 2.26. The molecule has 156 valence electrons. The number of amides is 3. The number of hydrogen-bond donors (Lipinski definition) is 1. The predicted molar refractivity (Wildman–Crippen MR) is 113 cm³/mol. The van der Waals surface area contributed by atoms with Crippen LogP contribution in [0, 0.1) is 0 Å². The number of hydrazone groups is 1. The molecule has 0 fully saturated rings. The van der Waals surface area contributed by atoms with Crippen LogP contribution < -0.4 is 10.1 Å². The highest BCUT2D eigenvalue weighted by molar-refractivity contribution is 6.43. The summed E-state index contributed by atoms with van der Waals surface area (Å²) in [6, 6.07) is 14.3. The van der Waals surface area contributed by atoms with Crippen LogP contribution in [0.2, 0.25) is 0 Å². The Morgan fingerprint density at radius 2 is 1.87 bits per heavy atom. The Morgan fingerprint density at radius 3 is 2.53 bits per heavy atom. The van der Waals surface area contributed by atoms with E-state index in [4.69, 9.17) is 4.74 Å². The molecular formula is C22H24N4O4. The van der Waals surface area contributed by atoms with Crippen molar-refractivity contribution in [1.29, 1.82) is 0 Å². The molecule has 8 heteroatoms. The molecule has 0 aliphatic carbocycles. The van der Waals surface area contributed by atoms with Crippen molar-refractivity contribution in [2.24, 2.45) is 5.10 Å². The van der Waals surface area contributed by atoms with Gasteiger partial charge in [0.1, 0.15) is 11.5 Å². The normalized spacial score (nSPS) is 13.5. The maximum Gasteiger partial charge on any atom is 0.271 e. The van der Waals surface area contributed by atoms with E-state index in [0.29, 0.717) is 23.5 Å². The monoisotopic (exact) mass is 408 g/mol. The molecule has 0 bridgehead atoms. The number of carbonyl (C=O) groups excluding carboxylic acids is 3. The summed E-state index contributed by atoms with van der Waals surface area (Å²) in [4.78, 5) is 38.7. The molecule has 1 N–H and O–H groups in total. The van der Waals surface area contributed by atoms with E-state index in [1.807, 2.05) is 30.3 Å². The summed E-state index contributed by atoms with van der Waals surface area (Å²) in [7, 11) is 4.79. The van der Waals surface area contributed by atoms with Gasteiger partial charge >= 0.3 is 0 Å². The van der Waals surface area contributed by atoms with Crippen LogP contribution in [0.15, 0.2) is 53.6 Å². The molecule has 2 aromatic rings. The molecule has 1 aliphatic heterocycles. The molecule has 0 saturated heterocycles. The van der Waals surface area contributed by atoms with Crippen LogP contribution in [-0.2, 0) is 16.1 Å². The molecule has 0 aromatic heterocycles. The minimum Gasteiger partial charge on any atom is -0.495 e. The van der Waals surface area contributed by atoms with Gasteiger partial charge in [0.15, 0.2) is 0 Å². The molecule has 0 saturated carbocycles. The third kappa shape index (κ3) is 4.83. The van der Waals surface area contributed by atoms with Gasteiger partial charge in [-0.25, -0.2) is 5.01 Å².